The molecule has 0 aromatic heterocycles. The molecule has 1 aliphatic heterocycles. The topological polar surface area (TPSA) is 84.9 Å². The lowest BCUT2D eigenvalue weighted by Gasteiger charge is -2.22. The summed E-state index contributed by atoms with van der Waals surface area (Å²) in [6.45, 7) is 0. The highest BCUT2D eigenvalue weighted by molar-refractivity contribution is 5.90. The molecular weight excluding hydrogens is 214 g/mol. The molecule has 1 amide bonds. The molecule has 1 aromatic carbocycles. The largest absolute Gasteiger partial charge is 0.465 e. The molecule has 0 saturated carbocycles. The highest BCUT2D eigenvalue weighted by Crippen LogP contribution is 2.28. The summed E-state index contributed by atoms with van der Waals surface area (Å²) in [6, 6.07) is 4.30. The van der Waals surface area contributed by atoms with Gasteiger partial charge in [0, 0.05) is 5.56 Å². The van der Waals surface area contributed by atoms with Crippen LogP contribution >= 0.6 is 0 Å². The van der Waals surface area contributed by atoms with E-state index in [9.17, 15) is 14.7 Å². The van der Waals surface area contributed by atoms with Crippen LogP contribution in [0.2, 0.25) is 0 Å². The second-order valence-electron chi connectivity index (χ2n) is 3.18. The van der Waals surface area contributed by atoms with Gasteiger partial charge in [-0.25, -0.2) is 9.59 Å². The first-order valence-corrected chi connectivity index (χ1v) is 4.50. The Balaban J connectivity index is 2.42. The SMILES string of the molecule is COC(=O)c1ccc2c(c1)[C@@H](O)NC(=O)O2. The molecule has 2 rings (SSSR count). The van der Waals surface area contributed by atoms with Crippen LogP contribution in [0.5, 0.6) is 5.75 Å². The zero-order valence-corrected chi connectivity index (χ0v) is 8.39. The Kier molecular flexibility index (Phi) is 2.49. The fraction of sp³-hybridized carbons (Fsp3) is 0.200. The molecule has 0 aliphatic carbocycles. The van der Waals surface area contributed by atoms with Gasteiger partial charge in [0.25, 0.3) is 0 Å². The number of fused-ring (bicyclic) bond motifs is 1. The number of rotatable bonds is 1. The molecule has 0 spiro atoms. The van der Waals surface area contributed by atoms with Crippen LogP contribution in [0.4, 0.5) is 4.79 Å². The van der Waals surface area contributed by atoms with Gasteiger partial charge < -0.3 is 14.6 Å². The van der Waals surface area contributed by atoms with Gasteiger partial charge in [0.15, 0.2) is 6.23 Å². The van der Waals surface area contributed by atoms with Gasteiger partial charge in [-0.3, -0.25) is 5.32 Å². The molecular formula is C10H9NO5. The summed E-state index contributed by atoms with van der Waals surface area (Å²) in [6.07, 6.45) is -1.91. The monoisotopic (exact) mass is 223 g/mol. The molecule has 0 saturated heterocycles. The van der Waals surface area contributed by atoms with Crippen molar-refractivity contribution in [2.75, 3.05) is 7.11 Å². The Morgan fingerprint density at radius 3 is 3.00 bits per heavy atom. The van der Waals surface area contributed by atoms with Crippen molar-refractivity contribution in [3.63, 3.8) is 0 Å². The number of ether oxygens (including phenoxy) is 2. The third-order valence-corrected chi connectivity index (χ3v) is 2.18. The van der Waals surface area contributed by atoms with Crippen LogP contribution in [0, 0.1) is 0 Å². The lowest BCUT2D eigenvalue weighted by molar-refractivity contribution is 0.0600. The number of amides is 1. The molecule has 0 radical (unpaired) electrons. The number of hydrogen-bond acceptors (Lipinski definition) is 5. The van der Waals surface area contributed by atoms with Crippen LogP contribution in [0.1, 0.15) is 22.1 Å². The molecule has 0 unspecified atom stereocenters. The Hall–Kier alpha value is -2.08. The molecule has 6 nitrogen and oxygen atoms in total. The van der Waals surface area contributed by atoms with E-state index in [1.807, 2.05) is 0 Å². The molecule has 84 valence electrons. The molecule has 0 fully saturated rings. The van der Waals surface area contributed by atoms with Crippen LogP contribution in [-0.2, 0) is 4.74 Å². The molecule has 1 aliphatic rings. The van der Waals surface area contributed by atoms with Gasteiger partial charge in [0.1, 0.15) is 5.75 Å². The minimum atomic E-state index is -1.18. The Labute approximate surface area is 90.8 Å². The highest BCUT2D eigenvalue weighted by Gasteiger charge is 2.25. The van der Waals surface area contributed by atoms with Gasteiger partial charge in [-0.2, -0.15) is 0 Å². The Bertz CT molecular complexity index is 457. The van der Waals surface area contributed by atoms with Gasteiger partial charge >= 0.3 is 12.1 Å². The predicted molar refractivity (Wildman–Crippen MR) is 51.9 cm³/mol. The third-order valence-electron chi connectivity index (χ3n) is 2.18. The number of hydrogen-bond donors (Lipinski definition) is 2. The standard InChI is InChI=1S/C10H9NO5/c1-15-9(13)5-2-3-7-6(4-5)8(12)11-10(14)16-7/h2-4,8,12H,1H3,(H,11,14)/t8-/m1/s1. The maximum Gasteiger partial charge on any atom is 0.414 e. The average Bonchev–Trinajstić information content (AvgIpc) is 2.27. The van der Waals surface area contributed by atoms with E-state index in [4.69, 9.17) is 4.74 Å². The van der Waals surface area contributed by atoms with Crippen LogP contribution in [0.15, 0.2) is 18.2 Å². The van der Waals surface area contributed by atoms with Crippen molar-refractivity contribution in [1.29, 1.82) is 0 Å². The van der Waals surface area contributed by atoms with E-state index in [1.54, 1.807) is 0 Å². The zero-order chi connectivity index (χ0) is 11.7. The normalized spacial score (nSPS) is 18.1. The van der Waals surface area contributed by atoms with E-state index >= 15 is 0 Å². The van der Waals surface area contributed by atoms with Crippen molar-refractivity contribution in [3.05, 3.63) is 29.3 Å². The molecule has 1 heterocycles. The van der Waals surface area contributed by atoms with Crippen LogP contribution in [-0.4, -0.2) is 24.3 Å². The molecule has 16 heavy (non-hydrogen) atoms. The lowest BCUT2D eigenvalue weighted by Crippen LogP contribution is -2.35. The quantitative estimate of drug-likeness (QED) is 0.680. The highest BCUT2D eigenvalue weighted by atomic mass is 16.6. The van der Waals surface area contributed by atoms with E-state index in [-0.39, 0.29) is 11.3 Å². The second kappa shape index (κ2) is 3.82. The Morgan fingerprint density at radius 2 is 2.31 bits per heavy atom. The fourth-order valence-electron chi connectivity index (χ4n) is 1.42. The summed E-state index contributed by atoms with van der Waals surface area (Å²) in [5, 5.41) is 11.7. The first-order chi connectivity index (χ1) is 7.61. The van der Waals surface area contributed by atoms with E-state index in [1.165, 1.54) is 25.3 Å². The van der Waals surface area contributed by atoms with E-state index < -0.39 is 18.3 Å². The predicted octanol–water partition coefficient (Wildman–Crippen LogP) is 0.566. The Morgan fingerprint density at radius 1 is 1.56 bits per heavy atom. The summed E-state index contributed by atoms with van der Waals surface area (Å²) < 4.78 is 9.34. The maximum absolute atomic E-state index is 11.2. The number of esters is 1. The zero-order valence-electron chi connectivity index (χ0n) is 8.39. The number of benzene rings is 1. The van der Waals surface area contributed by atoms with Crippen LogP contribution in [0.3, 0.4) is 0 Å². The number of methoxy groups -OCH3 is 1. The molecule has 6 heteroatoms. The fourth-order valence-corrected chi connectivity index (χ4v) is 1.42. The van der Waals surface area contributed by atoms with Gasteiger partial charge in [-0.05, 0) is 18.2 Å². The molecule has 1 aromatic rings. The summed E-state index contributed by atoms with van der Waals surface area (Å²) in [5.74, 6) is -0.296. The third kappa shape index (κ3) is 1.70. The first kappa shape index (κ1) is 10.4. The number of aliphatic hydroxyl groups is 1. The molecule has 0 bridgehead atoms. The van der Waals surface area contributed by atoms with Crippen molar-refractivity contribution in [2.45, 2.75) is 6.23 Å². The molecule has 2 N–H and O–H groups in total. The van der Waals surface area contributed by atoms with Gasteiger partial charge in [0.05, 0.1) is 12.7 Å². The number of nitrogens with one attached hydrogen (secondary N) is 1. The van der Waals surface area contributed by atoms with Crippen LogP contribution < -0.4 is 10.1 Å². The second-order valence-corrected chi connectivity index (χ2v) is 3.18. The van der Waals surface area contributed by atoms with Crippen LogP contribution in [0.25, 0.3) is 0 Å². The summed E-state index contributed by atoms with van der Waals surface area (Å²) in [5.41, 5.74) is 0.600. The van der Waals surface area contributed by atoms with E-state index in [0.717, 1.165) is 0 Å². The van der Waals surface area contributed by atoms with E-state index in [0.29, 0.717) is 5.56 Å². The summed E-state index contributed by atoms with van der Waals surface area (Å²) in [4.78, 5) is 22.2. The van der Waals surface area contributed by atoms with Gasteiger partial charge in [-0.1, -0.05) is 0 Å². The smallest absolute Gasteiger partial charge is 0.414 e. The maximum atomic E-state index is 11.2. The minimum absolute atomic E-state index is 0.226. The first-order valence-electron chi connectivity index (χ1n) is 4.50. The van der Waals surface area contributed by atoms with Crippen molar-refractivity contribution < 1.29 is 24.2 Å². The number of carbonyl (C=O) groups is 2. The van der Waals surface area contributed by atoms with Crippen molar-refractivity contribution in [1.82, 2.24) is 5.32 Å². The number of carbonyl (C=O) groups excluding carboxylic acids is 2. The summed E-state index contributed by atoms with van der Waals surface area (Å²) >= 11 is 0. The van der Waals surface area contributed by atoms with Gasteiger partial charge in [-0.15, -0.1) is 0 Å². The molecule has 1 atom stereocenters. The van der Waals surface area contributed by atoms with Crippen molar-refractivity contribution in [3.8, 4) is 5.75 Å². The lowest BCUT2D eigenvalue weighted by atomic mass is 10.1. The minimum Gasteiger partial charge on any atom is -0.465 e. The van der Waals surface area contributed by atoms with E-state index in [2.05, 4.69) is 10.1 Å². The average molecular weight is 223 g/mol. The van der Waals surface area contributed by atoms with Crippen molar-refractivity contribution >= 4 is 12.1 Å². The van der Waals surface area contributed by atoms with Gasteiger partial charge in [0.2, 0.25) is 0 Å². The number of aliphatic hydroxyl groups excluding tert-OH is 1. The van der Waals surface area contributed by atoms with Crippen molar-refractivity contribution in [2.24, 2.45) is 0 Å². The summed E-state index contributed by atoms with van der Waals surface area (Å²) in [7, 11) is 1.26.